The molecule has 0 atom stereocenters. The minimum Gasteiger partial charge on any atom is -0.744 e. The van der Waals surface area contributed by atoms with Crippen molar-refractivity contribution in [2.24, 2.45) is 0 Å². The Bertz CT molecular complexity index is 1470. The van der Waals surface area contributed by atoms with Crippen LogP contribution >= 0.6 is 0 Å². The molecule has 2 aromatic carbocycles. The van der Waals surface area contributed by atoms with Crippen molar-refractivity contribution >= 4 is 43.4 Å². The van der Waals surface area contributed by atoms with Crippen LogP contribution in [0.3, 0.4) is 0 Å². The van der Waals surface area contributed by atoms with Gasteiger partial charge < -0.3 is 19.7 Å². The maximum atomic E-state index is 11.7. The van der Waals surface area contributed by atoms with Crippen molar-refractivity contribution in [3.63, 3.8) is 0 Å². The molecule has 0 aliphatic carbocycles. The van der Waals surface area contributed by atoms with E-state index in [1.807, 2.05) is 61.2 Å². The summed E-state index contributed by atoms with van der Waals surface area (Å²) in [5.74, 6) is -1.05. The third kappa shape index (κ3) is 10.7. The van der Waals surface area contributed by atoms with Crippen molar-refractivity contribution in [1.82, 2.24) is 0 Å². The number of hydrogen-bond donors (Lipinski definition) is 2. The molecule has 0 aliphatic heterocycles. The van der Waals surface area contributed by atoms with E-state index < -0.39 is 41.8 Å². The van der Waals surface area contributed by atoms with Gasteiger partial charge in [0, 0.05) is 60.6 Å². The minimum absolute atomic E-state index is 0.00734. The second-order valence-corrected chi connectivity index (χ2v) is 10.5. The Morgan fingerprint density at radius 1 is 0.600 bits per heavy atom. The van der Waals surface area contributed by atoms with E-state index in [1.54, 1.807) is 0 Å². The number of aromatic nitrogens is 2. The first-order valence-electron chi connectivity index (χ1n) is 11.4. The van der Waals surface area contributed by atoms with Crippen LogP contribution in [-0.4, -0.2) is 37.8 Å². The lowest BCUT2D eigenvalue weighted by molar-refractivity contribution is -0.378. The van der Waals surface area contributed by atoms with E-state index in [0.29, 0.717) is 0 Å². The molecule has 2 amide bonds. The molecule has 40 heavy (non-hydrogen) atoms. The zero-order valence-electron chi connectivity index (χ0n) is 21.3. The molecule has 0 radical (unpaired) electrons. The van der Waals surface area contributed by atoms with E-state index in [9.17, 15) is 35.5 Å². The van der Waals surface area contributed by atoms with Crippen LogP contribution in [0.15, 0.2) is 107 Å². The number of rotatable bonds is 5. The largest absolute Gasteiger partial charge is 0.744 e. The maximum absolute atomic E-state index is 11.7. The standard InChI is InChI=1S/C16H16N2O8S2.2C5H5N/c1-9(19)17-11-3-5-13(15(7-11)27(21,22)23)14-6-4-12(18-10(2)20)8-16(14)28(24,25)26;2*1-2-4-6-5-3-1/h3-8H,1-2H3,(H,17,19)(H,18,20)(H,21,22,23)(H,24,25,26);2*1-5H. The van der Waals surface area contributed by atoms with Crippen LogP contribution in [0, 0.1) is 0 Å². The highest BCUT2D eigenvalue weighted by atomic mass is 32.2. The van der Waals surface area contributed by atoms with Gasteiger partial charge in [0.2, 0.25) is 11.8 Å². The summed E-state index contributed by atoms with van der Waals surface area (Å²) in [5.41, 5.74) is -0.694. The summed E-state index contributed by atoms with van der Waals surface area (Å²) in [7, 11) is -10.2. The average Bonchev–Trinajstić information content (AvgIpc) is 2.90. The predicted octanol–water partition coefficient (Wildman–Crippen LogP) is 2.08. The fraction of sp³-hybridized carbons (Fsp3) is 0.0769. The molecule has 0 saturated carbocycles. The fourth-order valence-corrected chi connectivity index (χ4v) is 4.59. The van der Waals surface area contributed by atoms with E-state index in [-0.39, 0.29) is 22.5 Å². The van der Waals surface area contributed by atoms with Gasteiger partial charge in [0.15, 0.2) is 24.8 Å². The fourth-order valence-electron chi connectivity index (χ4n) is 3.15. The van der Waals surface area contributed by atoms with Gasteiger partial charge in [-0.25, -0.2) is 26.8 Å². The number of benzene rings is 2. The molecule has 0 fully saturated rings. The highest BCUT2D eigenvalue weighted by molar-refractivity contribution is 7.86. The molecule has 2 heterocycles. The van der Waals surface area contributed by atoms with E-state index in [4.69, 9.17) is 0 Å². The Kier molecular flexibility index (Phi) is 11.6. The van der Waals surface area contributed by atoms with Crippen LogP contribution in [0.25, 0.3) is 11.1 Å². The highest BCUT2D eigenvalue weighted by Crippen LogP contribution is 2.35. The van der Waals surface area contributed by atoms with Gasteiger partial charge in [-0.3, -0.25) is 9.59 Å². The zero-order chi connectivity index (χ0) is 29.8. The lowest BCUT2D eigenvalue weighted by atomic mass is 10.0. The Hall–Kier alpha value is -4.50. The van der Waals surface area contributed by atoms with E-state index in [2.05, 4.69) is 20.6 Å². The quantitative estimate of drug-likeness (QED) is 0.331. The molecular weight excluding hydrogens is 560 g/mol. The summed E-state index contributed by atoms with van der Waals surface area (Å²) < 4.78 is 70.1. The second-order valence-electron chi connectivity index (χ2n) is 7.85. The summed E-state index contributed by atoms with van der Waals surface area (Å²) in [6.45, 7) is 2.34. The monoisotopic (exact) mass is 586 g/mol. The normalized spacial score (nSPS) is 10.6. The number of aromatic amines is 2. The van der Waals surface area contributed by atoms with Gasteiger partial charge in [0.1, 0.15) is 20.2 Å². The maximum Gasteiger partial charge on any atom is 0.221 e. The summed E-state index contributed by atoms with van der Waals surface area (Å²) in [6.07, 6.45) is 7.50. The second kappa shape index (κ2) is 14.6. The van der Waals surface area contributed by atoms with Gasteiger partial charge in [-0.2, -0.15) is 0 Å². The van der Waals surface area contributed by atoms with Crippen molar-refractivity contribution in [1.29, 1.82) is 0 Å². The van der Waals surface area contributed by atoms with Gasteiger partial charge in [-0.15, -0.1) is 0 Å². The van der Waals surface area contributed by atoms with Crippen LogP contribution in [0.5, 0.6) is 0 Å². The summed E-state index contributed by atoms with van der Waals surface area (Å²) in [6, 6.07) is 18.1. The molecule has 0 spiro atoms. The van der Waals surface area contributed by atoms with Crippen LogP contribution < -0.4 is 20.6 Å². The zero-order valence-corrected chi connectivity index (χ0v) is 23.0. The van der Waals surface area contributed by atoms with E-state index >= 15 is 0 Å². The first-order chi connectivity index (χ1) is 18.8. The number of amides is 2. The molecule has 0 bridgehead atoms. The van der Waals surface area contributed by atoms with Crippen molar-refractivity contribution in [3.05, 3.63) is 97.6 Å². The number of carbonyl (C=O) groups excluding carboxylic acids is 2. The SMILES string of the molecule is CC(=O)Nc1ccc(-c2ccc(NC(C)=O)cc2S(=O)(=O)[O-])c(S(=O)(=O)[O-])c1.c1cc[nH+]cc1.c1cc[nH+]cc1. The first-order valence-corrected chi connectivity index (χ1v) is 14.2. The average molecular weight is 587 g/mol. The number of carbonyl (C=O) groups is 2. The molecule has 4 rings (SSSR count). The molecule has 12 nitrogen and oxygen atoms in total. The molecule has 0 saturated heterocycles. The van der Waals surface area contributed by atoms with Crippen LogP contribution in [0.4, 0.5) is 11.4 Å². The molecule has 2 aromatic heterocycles. The number of pyridine rings is 2. The van der Waals surface area contributed by atoms with Gasteiger partial charge in [0.05, 0.1) is 9.79 Å². The van der Waals surface area contributed by atoms with Crippen molar-refractivity contribution in [3.8, 4) is 11.1 Å². The van der Waals surface area contributed by atoms with Gasteiger partial charge in [0.25, 0.3) is 0 Å². The van der Waals surface area contributed by atoms with Gasteiger partial charge in [-0.1, -0.05) is 24.3 Å². The summed E-state index contributed by atoms with van der Waals surface area (Å²) in [4.78, 5) is 26.4. The molecule has 4 N–H and O–H groups in total. The van der Waals surface area contributed by atoms with E-state index in [1.165, 1.54) is 26.0 Å². The molecule has 0 unspecified atom stereocenters. The van der Waals surface area contributed by atoms with Crippen molar-refractivity contribution in [2.75, 3.05) is 10.6 Å². The third-order valence-corrected chi connectivity index (χ3v) is 6.40. The Balaban J connectivity index is 0.000000379. The molecular formula is C26H26N4O8S2. The highest BCUT2D eigenvalue weighted by Gasteiger charge is 2.19. The Morgan fingerprint density at radius 3 is 1.12 bits per heavy atom. The van der Waals surface area contributed by atoms with Gasteiger partial charge >= 0.3 is 0 Å². The first kappa shape index (κ1) is 31.7. The lowest BCUT2D eigenvalue weighted by Crippen LogP contribution is -2.10. The Morgan fingerprint density at radius 2 is 0.925 bits per heavy atom. The molecule has 14 heteroatoms. The number of nitrogens with one attached hydrogen (secondary N) is 4. The number of H-pyrrole nitrogens is 2. The molecule has 4 aromatic rings. The van der Waals surface area contributed by atoms with E-state index in [0.717, 1.165) is 24.3 Å². The third-order valence-electron chi connectivity index (χ3n) is 4.65. The Labute approximate surface area is 231 Å². The topological polar surface area (TPSA) is 201 Å². The lowest BCUT2D eigenvalue weighted by Gasteiger charge is -2.19. The van der Waals surface area contributed by atoms with Crippen molar-refractivity contribution in [2.45, 2.75) is 23.6 Å². The van der Waals surface area contributed by atoms with Crippen LogP contribution in [-0.2, 0) is 29.8 Å². The number of hydrogen-bond acceptors (Lipinski definition) is 8. The summed E-state index contributed by atoms with van der Waals surface area (Å²) >= 11 is 0. The molecule has 210 valence electrons. The van der Waals surface area contributed by atoms with Crippen LogP contribution in [0.1, 0.15) is 13.8 Å². The summed E-state index contributed by atoms with van der Waals surface area (Å²) in [5, 5.41) is 4.60. The van der Waals surface area contributed by atoms with Gasteiger partial charge in [-0.05, 0) is 24.3 Å². The van der Waals surface area contributed by atoms with Crippen LogP contribution in [0.2, 0.25) is 0 Å². The number of anilines is 2. The smallest absolute Gasteiger partial charge is 0.221 e. The van der Waals surface area contributed by atoms with Crippen molar-refractivity contribution < 1.29 is 45.5 Å². The minimum atomic E-state index is -5.10. The predicted molar refractivity (Wildman–Crippen MR) is 142 cm³/mol. The molecule has 0 aliphatic rings.